The molecule has 22 heavy (non-hydrogen) atoms. The Balaban J connectivity index is 1.96. The zero-order valence-electron chi connectivity index (χ0n) is 12.7. The van der Waals surface area contributed by atoms with E-state index < -0.39 is 0 Å². The van der Waals surface area contributed by atoms with Gasteiger partial charge in [0.15, 0.2) is 0 Å². The summed E-state index contributed by atoms with van der Waals surface area (Å²) in [5, 5.41) is 1.10. The number of hydrogen-bond acceptors (Lipinski definition) is 4. The van der Waals surface area contributed by atoms with Gasteiger partial charge in [0, 0.05) is 30.5 Å². The van der Waals surface area contributed by atoms with Gasteiger partial charge in [-0.25, -0.2) is 4.98 Å². The molecular formula is C18H18N2O2. The van der Waals surface area contributed by atoms with Gasteiger partial charge in [0.1, 0.15) is 12.4 Å². The Kier molecular flexibility index (Phi) is 4.30. The van der Waals surface area contributed by atoms with E-state index >= 15 is 0 Å². The molecule has 2 aromatic heterocycles. The number of methoxy groups -OCH3 is 1. The summed E-state index contributed by atoms with van der Waals surface area (Å²) in [6.45, 7) is 3.22. The highest BCUT2D eigenvalue weighted by Gasteiger charge is 2.06. The lowest BCUT2D eigenvalue weighted by Crippen LogP contribution is -2.04. The second-order valence-corrected chi connectivity index (χ2v) is 5.08. The van der Waals surface area contributed by atoms with Crippen LogP contribution in [0, 0.1) is 6.92 Å². The minimum Gasteiger partial charge on any atom is -0.491 e. The van der Waals surface area contributed by atoms with Crippen LogP contribution in [0.15, 0.2) is 48.8 Å². The number of rotatable bonds is 5. The van der Waals surface area contributed by atoms with Gasteiger partial charge in [-0.15, -0.1) is 0 Å². The molecule has 1 aromatic carbocycles. The van der Waals surface area contributed by atoms with Crippen molar-refractivity contribution in [3.8, 4) is 17.0 Å². The minimum atomic E-state index is 0.545. The SMILES string of the molecule is COCCOc1ccc2nc(-c3ccncc3)cc(C)c2c1. The van der Waals surface area contributed by atoms with Crippen LogP contribution < -0.4 is 4.74 Å². The van der Waals surface area contributed by atoms with Crippen LogP contribution in [0.3, 0.4) is 0 Å². The van der Waals surface area contributed by atoms with Crippen LogP contribution >= 0.6 is 0 Å². The summed E-state index contributed by atoms with van der Waals surface area (Å²) >= 11 is 0. The van der Waals surface area contributed by atoms with E-state index in [0.717, 1.165) is 27.9 Å². The lowest BCUT2D eigenvalue weighted by atomic mass is 10.1. The van der Waals surface area contributed by atoms with Crippen molar-refractivity contribution in [3.05, 3.63) is 54.4 Å². The summed E-state index contributed by atoms with van der Waals surface area (Å²) in [5.74, 6) is 0.839. The topological polar surface area (TPSA) is 44.2 Å². The maximum Gasteiger partial charge on any atom is 0.120 e. The fourth-order valence-electron chi connectivity index (χ4n) is 2.38. The van der Waals surface area contributed by atoms with Gasteiger partial charge in [0.2, 0.25) is 0 Å². The molecule has 0 unspecified atom stereocenters. The minimum absolute atomic E-state index is 0.545. The van der Waals surface area contributed by atoms with Crippen molar-refractivity contribution in [2.45, 2.75) is 6.92 Å². The zero-order chi connectivity index (χ0) is 15.4. The van der Waals surface area contributed by atoms with Crippen LogP contribution in [-0.4, -0.2) is 30.3 Å². The normalized spacial score (nSPS) is 10.8. The molecule has 112 valence electrons. The van der Waals surface area contributed by atoms with Crippen molar-refractivity contribution in [1.29, 1.82) is 0 Å². The molecule has 0 saturated carbocycles. The Bertz CT molecular complexity index is 773. The molecule has 0 atom stereocenters. The number of nitrogens with zero attached hydrogens (tertiary/aromatic N) is 2. The highest BCUT2D eigenvalue weighted by molar-refractivity contribution is 5.86. The number of pyridine rings is 2. The van der Waals surface area contributed by atoms with Crippen LogP contribution in [0.2, 0.25) is 0 Å². The molecule has 0 bridgehead atoms. The van der Waals surface area contributed by atoms with E-state index in [4.69, 9.17) is 14.5 Å². The summed E-state index contributed by atoms with van der Waals surface area (Å²) in [4.78, 5) is 8.78. The molecule has 3 rings (SSSR count). The van der Waals surface area contributed by atoms with E-state index in [1.807, 2.05) is 30.3 Å². The van der Waals surface area contributed by atoms with Crippen LogP contribution in [-0.2, 0) is 4.74 Å². The Morgan fingerprint density at radius 1 is 1.00 bits per heavy atom. The molecule has 0 radical (unpaired) electrons. The predicted octanol–water partition coefficient (Wildman–Crippen LogP) is 3.63. The van der Waals surface area contributed by atoms with Crippen LogP contribution in [0.1, 0.15) is 5.56 Å². The fraction of sp³-hybridized carbons (Fsp3) is 0.222. The van der Waals surface area contributed by atoms with E-state index in [9.17, 15) is 0 Å². The van der Waals surface area contributed by atoms with Crippen molar-refractivity contribution < 1.29 is 9.47 Å². The number of aromatic nitrogens is 2. The van der Waals surface area contributed by atoms with E-state index in [0.29, 0.717) is 13.2 Å². The van der Waals surface area contributed by atoms with Gasteiger partial charge in [-0.1, -0.05) is 0 Å². The molecular weight excluding hydrogens is 276 g/mol. The molecule has 0 aliphatic heterocycles. The Hall–Kier alpha value is -2.46. The summed E-state index contributed by atoms with van der Waals surface area (Å²) in [7, 11) is 1.67. The first-order chi connectivity index (χ1) is 10.8. The van der Waals surface area contributed by atoms with E-state index in [2.05, 4.69) is 18.0 Å². The number of aryl methyl sites for hydroxylation is 1. The van der Waals surface area contributed by atoms with Crippen LogP contribution in [0.5, 0.6) is 5.75 Å². The third-order valence-electron chi connectivity index (χ3n) is 3.52. The van der Waals surface area contributed by atoms with Gasteiger partial charge < -0.3 is 9.47 Å². The number of hydrogen-bond donors (Lipinski definition) is 0. The number of ether oxygens (including phenoxy) is 2. The van der Waals surface area contributed by atoms with Gasteiger partial charge in [-0.05, 0) is 48.9 Å². The van der Waals surface area contributed by atoms with Crippen molar-refractivity contribution in [2.24, 2.45) is 0 Å². The largest absolute Gasteiger partial charge is 0.491 e. The van der Waals surface area contributed by atoms with E-state index in [1.165, 1.54) is 5.56 Å². The van der Waals surface area contributed by atoms with Gasteiger partial charge in [-0.2, -0.15) is 0 Å². The fourth-order valence-corrected chi connectivity index (χ4v) is 2.38. The number of fused-ring (bicyclic) bond motifs is 1. The molecule has 3 aromatic rings. The second kappa shape index (κ2) is 6.54. The highest BCUT2D eigenvalue weighted by atomic mass is 16.5. The van der Waals surface area contributed by atoms with Crippen molar-refractivity contribution in [1.82, 2.24) is 9.97 Å². The van der Waals surface area contributed by atoms with Crippen molar-refractivity contribution >= 4 is 10.9 Å². The lowest BCUT2D eigenvalue weighted by molar-refractivity contribution is 0.146. The first-order valence-corrected chi connectivity index (χ1v) is 7.21. The maximum atomic E-state index is 5.66. The first-order valence-electron chi connectivity index (χ1n) is 7.21. The molecule has 4 heteroatoms. The number of benzene rings is 1. The molecule has 2 heterocycles. The molecule has 0 spiro atoms. The third kappa shape index (κ3) is 3.07. The maximum absolute atomic E-state index is 5.66. The summed E-state index contributed by atoms with van der Waals surface area (Å²) in [5.41, 5.74) is 4.17. The quantitative estimate of drug-likeness (QED) is 0.674. The second-order valence-electron chi connectivity index (χ2n) is 5.08. The molecule has 0 aliphatic rings. The first kappa shape index (κ1) is 14.5. The third-order valence-corrected chi connectivity index (χ3v) is 3.52. The summed E-state index contributed by atoms with van der Waals surface area (Å²) in [6.07, 6.45) is 3.56. The molecule has 0 saturated heterocycles. The molecule has 0 aliphatic carbocycles. The van der Waals surface area contributed by atoms with E-state index in [1.54, 1.807) is 19.5 Å². The lowest BCUT2D eigenvalue weighted by Gasteiger charge is -2.10. The van der Waals surface area contributed by atoms with Crippen molar-refractivity contribution in [2.75, 3.05) is 20.3 Å². The average molecular weight is 294 g/mol. The Morgan fingerprint density at radius 3 is 2.59 bits per heavy atom. The van der Waals surface area contributed by atoms with Crippen LogP contribution in [0.4, 0.5) is 0 Å². The van der Waals surface area contributed by atoms with E-state index in [-0.39, 0.29) is 0 Å². The Morgan fingerprint density at radius 2 is 1.82 bits per heavy atom. The molecule has 4 nitrogen and oxygen atoms in total. The zero-order valence-corrected chi connectivity index (χ0v) is 12.7. The van der Waals surface area contributed by atoms with Gasteiger partial charge in [0.05, 0.1) is 17.8 Å². The average Bonchev–Trinajstić information content (AvgIpc) is 2.56. The smallest absolute Gasteiger partial charge is 0.120 e. The van der Waals surface area contributed by atoms with Gasteiger partial charge >= 0.3 is 0 Å². The van der Waals surface area contributed by atoms with Gasteiger partial charge in [0.25, 0.3) is 0 Å². The summed E-state index contributed by atoms with van der Waals surface area (Å²) < 4.78 is 10.7. The molecule has 0 amide bonds. The molecule has 0 N–H and O–H groups in total. The van der Waals surface area contributed by atoms with Crippen molar-refractivity contribution in [3.63, 3.8) is 0 Å². The van der Waals surface area contributed by atoms with Crippen LogP contribution in [0.25, 0.3) is 22.2 Å². The predicted molar refractivity (Wildman–Crippen MR) is 87.1 cm³/mol. The van der Waals surface area contributed by atoms with Gasteiger partial charge in [-0.3, -0.25) is 4.98 Å². The summed E-state index contributed by atoms with van der Waals surface area (Å²) in [6, 6.07) is 12.0. The highest BCUT2D eigenvalue weighted by Crippen LogP contribution is 2.27. The molecule has 0 fully saturated rings. The Labute approximate surface area is 129 Å². The monoisotopic (exact) mass is 294 g/mol. The standard InChI is InChI=1S/C18H18N2O2/c1-13-11-18(14-5-7-19-8-6-14)20-17-4-3-15(12-16(13)17)22-10-9-21-2/h3-8,11-12H,9-10H2,1-2H3.